The molecule has 36 heavy (non-hydrogen) atoms. The Morgan fingerprint density at radius 2 is 1.86 bits per heavy atom. The number of carbonyl (C=O) groups is 1. The van der Waals surface area contributed by atoms with Gasteiger partial charge in [-0.15, -0.1) is 0 Å². The van der Waals surface area contributed by atoms with Crippen molar-refractivity contribution in [3.05, 3.63) is 93.6 Å². The topological polar surface area (TPSA) is 75.7 Å². The molecule has 6 nitrogen and oxygen atoms in total. The minimum absolute atomic E-state index is 0.114. The Morgan fingerprint density at radius 3 is 2.64 bits per heavy atom. The van der Waals surface area contributed by atoms with E-state index in [1.165, 1.54) is 10.9 Å². The summed E-state index contributed by atoms with van der Waals surface area (Å²) >= 11 is 6.26. The molecule has 0 saturated heterocycles. The van der Waals surface area contributed by atoms with Crippen molar-refractivity contribution in [2.45, 2.75) is 39.7 Å². The Hall–Kier alpha value is -3.77. The van der Waals surface area contributed by atoms with Crippen LogP contribution in [0, 0.1) is 13.8 Å². The molecule has 1 heterocycles. The maximum absolute atomic E-state index is 12.2. The Kier molecular flexibility index (Phi) is 8.28. The first-order valence-electron chi connectivity index (χ1n) is 11.9. The number of methoxy groups -OCH3 is 1. The first kappa shape index (κ1) is 25.3. The molecule has 0 radical (unpaired) electrons. The fraction of sp³-hybridized carbons (Fsp3) is 0.241. The average Bonchev–Trinajstić information content (AvgIpc) is 3.29. The van der Waals surface area contributed by atoms with Gasteiger partial charge < -0.3 is 14.5 Å². The second kappa shape index (κ2) is 11.8. The highest BCUT2D eigenvalue weighted by Crippen LogP contribution is 2.28. The van der Waals surface area contributed by atoms with Crippen molar-refractivity contribution >= 4 is 34.6 Å². The molecule has 0 aliphatic rings. The molecule has 0 fully saturated rings. The molecule has 0 aliphatic heterocycles. The second-order valence-electron chi connectivity index (χ2n) is 8.74. The normalized spacial score (nSPS) is 11.2. The lowest BCUT2D eigenvalue weighted by Crippen LogP contribution is -2.17. The number of hydrogen-bond donors (Lipinski definition) is 2. The third-order valence-corrected chi connectivity index (χ3v) is 6.63. The van der Waals surface area contributed by atoms with Crippen LogP contribution >= 0.6 is 11.6 Å². The van der Waals surface area contributed by atoms with Crippen molar-refractivity contribution in [1.29, 1.82) is 0 Å². The fourth-order valence-corrected chi connectivity index (χ4v) is 4.26. The number of aromatic nitrogens is 1. The van der Waals surface area contributed by atoms with Crippen LogP contribution in [-0.4, -0.2) is 24.2 Å². The number of rotatable bonds is 10. The third kappa shape index (κ3) is 6.26. The number of aryl methyl sites for hydroxylation is 3. The number of hydrogen-bond acceptors (Lipinski definition) is 4. The summed E-state index contributed by atoms with van der Waals surface area (Å²) in [5.41, 5.74) is 8.60. The van der Waals surface area contributed by atoms with Gasteiger partial charge in [-0.3, -0.25) is 4.79 Å². The maximum Gasteiger partial charge on any atom is 0.240 e. The molecular formula is C29H30ClN3O3. The number of benzene rings is 3. The summed E-state index contributed by atoms with van der Waals surface area (Å²) in [5.74, 6) is 1.35. The zero-order valence-corrected chi connectivity index (χ0v) is 21.5. The highest BCUT2D eigenvalue weighted by molar-refractivity contribution is 6.32. The number of aromatic amines is 1. The monoisotopic (exact) mass is 503 g/mol. The third-order valence-electron chi connectivity index (χ3n) is 6.04. The van der Waals surface area contributed by atoms with Gasteiger partial charge in [0.15, 0.2) is 0 Å². The van der Waals surface area contributed by atoms with E-state index in [9.17, 15) is 4.79 Å². The van der Waals surface area contributed by atoms with E-state index >= 15 is 0 Å². The molecule has 1 amide bonds. The number of para-hydroxylation sites is 1. The highest BCUT2D eigenvalue weighted by atomic mass is 35.5. The Morgan fingerprint density at radius 1 is 1.08 bits per heavy atom. The van der Waals surface area contributed by atoms with Crippen molar-refractivity contribution in [2.24, 2.45) is 5.10 Å². The van der Waals surface area contributed by atoms with E-state index in [-0.39, 0.29) is 5.91 Å². The molecule has 4 aromatic rings. The first-order chi connectivity index (χ1) is 17.4. The minimum Gasteiger partial charge on any atom is -0.496 e. The van der Waals surface area contributed by atoms with Gasteiger partial charge in [-0.25, -0.2) is 5.43 Å². The molecule has 0 atom stereocenters. The summed E-state index contributed by atoms with van der Waals surface area (Å²) in [6, 6.07) is 17.7. The number of ether oxygens (including phenoxy) is 2. The molecule has 7 heteroatoms. The number of nitrogens with one attached hydrogen (secondary N) is 2. The molecule has 0 unspecified atom stereocenters. The van der Waals surface area contributed by atoms with Crippen LogP contribution in [0.1, 0.15) is 40.7 Å². The molecule has 0 saturated carbocycles. The molecule has 0 spiro atoms. The maximum atomic E-state index is 12.2. The van der Waals surface area contributed by atoms with Gasteiger partial charge in [0.2, 0.25) is 5.91 Å². The van der Waals surface area contributed by atoms with E-state index < -0.39 is 0 Å². The summed E-state index contributed by atoms with van der Waals surface area (Å²) in [6.07, 6.45) is 5.61. The van der Waals surface area contributed by atoms with Gasteiger partial charge in [0.1, 0.15) is 18.1 Å². The Labute approximate surface area is 216 Å². The fourth-order valence-electron chi connectivity index (χ4n) is 4.15. The van der Waals surface area contributed by atoms with Gasteiger partial charge in [0.25, 0.3) is 0 Å². The van der Waals surface area contributed by atoms with E-state index in [1.807, 2.05) is 62.5 Å². The van der Waals surface area contributed by atoms with Gasteiger partial charge in [0, 0.05) is 34.1 Å². The molecule has 186 valence electrons. The zero-order valence-electron chi connectivity index (χ0n) is 20.7. The molecule has 3 aromatic carbocycles. The van der Waals surface area contributed by atoms with E-state index in [2.05, 4.69) is 27.6 Å². The van der Waals surface area contributed by atoms with Gasteiger partial charge in [-0.1, -0.05) is 29.8 Å². The van der Waals surface area contributed by atoms with E-state index in [4.69, 9.17) is 21.1 Å². The predicted octanol–water partition coefficient (Wildman–Crippen LogP) is 6.50. The lowest BCUT2D eigenvalue weighted by molar-refractivity contribution is -0.121. The van der Waals surface area contributed by atoms with E-state index in [0.717, 1.165) is 57.1 Å². The van der Waals surface area contributed by atoms with Crippen LogP contribution in [0.4, 0.5) is 0 Å². The number of nitrogens with zero attached hydrogens (tertiary/aromatic N) is 1. The Bertz CT molecular complexity index is 1370. The number of fused-ring (bicyclic) bond motifs is 1. The van der Waals surface area contributed by atoms with Crippen molar-refractivity contribution in [2.75, 3.05) is 7.11 Å². The minimum atomic E-state index is -0.114. The molecule has 0 bridgehead atoms. The van der Waals surface area contributed by atoms with Crippen molar-refractivity contribution < 1.29 is 14.3 Å². The predicted molar refractivity (Wildman–Crippen MR) is 145 cm³/mol. The first-order valence-corrected chi connectivity index (χ1v) is 12.3. The van der Waals surface area contributed by atoms with Crippen LogP contribution < -0.4 is 14.9 Å². The van der Waals surface area contributed by atoms with E-state index in [1.54, 1.807) is 13.3 Å². The van der Waals surface area contributed by atoms with Crippen LogP contribution in [0.25, 0.3) is 10.9 Å². The molecular weight excluding hydrogens is 474 g/mol. The molecule has 1 aromatic heterocycles. The van der Waals surface area contributed by atoms with Gasteiger partial charge in [-0.2, -0.15) is 5.10 Å². The van der Waals surface area contributed by atoms with Crippen LogP contribution in [-0.2, 0) is 17.8 Å². The van der Waals surface area contributed by atoms with Crippen LogP contribution in [0.3, 0.4) is 0 Å². The largest absolute Gasteiger partial charge is 0.496 e. The lowest BCUT2D eigenvalue weighted by Gasteiger charge is -2.13. The highest BCUT2D eigenvalue weighted by Gasteiger charge is 2.09. The quantitative estimate of drug-likeness (QED) is 0.191. The summed E-state index contributed by atoms with van der Waals surface area (Å²) in [7, 11) is 1.62. The number of hydrazone groups is 1. The van der Waals surface area contributed by atoms with Crippen LogP contribution in [0.2, 0.25) is 5.02 Å². The summed E-state index contributed by atoms with van der Waals surface area (Å²) in [5, 5.41) is 6.08. The molecule has 4 rings (SSSR count). The SMILES string of the molecule is COc1ccc(C=NNC(=O)CCCc2c[nH]c3ccccc23)cc1COc1cc(C)c(Cl)c(C)c1. The van der Waals surface area contributed by atoms with Crippen LogP contribution in [0.5, 0.6) is 11.5 Å². The van der Waals surface area contributed by atoms with Gasteiger partial charge in [0.05, 0.1) is 13.3 Å². The van der Waals surface area contributed by atoms with Gasteiger partial charge >= 0.3 is 0 Å². The standard InChI is InChI=1S/C29H30ClN3O3/c1-19-13-24(14-20(2)29(19)30)36-18-23-15-21(11-12-27(23)35-3)16-32-33-28(34)10-6-7-22-17-31-26-9-5-4-8-25(22)26/h4-5,8-9,11-17,31H,6-7,10,18H2,1-3H3,(H,33,34). The summed E-state index contributed by atoms with van der Waals surface area (Å²) in [4.78, 5) is 15.5. The number of amides is 1. The lowest BCUT2D eigenvalue weighted by atomic mass is 10.1. The number of H-pyrrole nitrogens is 1. The molecule has 2 N–H and O–H groups in total. The summed E-state index contributed by atoms with van der Waals surface area (Å²) in [6.45, 7) is 4.23. The van der Waals surface area contributed by atoms with Crippen molar-refractivity contribution in [1.82, 2.24) is 10.4 Å². The van der Waals surface area contributed by atoms with Crippen molar-refractivity contribution in [3.63, 3.8) is 0 Å². The number of halogens is 1. The second-order valence-corrected chi connectivity index (χ2v) is 9.12. The van der Waals surface area contributed by atoms with E-state index in [0.29, 0.717) is 13.0 Å². The Balaban J connectivity index is 1.30. The number of carbonyl (C=O) groups excluding carboxylic acids is 1. The van der Waals surface area contributed by atoms with Crippen LogP contribution in [0.15, 0.2) is 65.9 Å². The van der Waals surface area contributed by atoms with Crippen molar-refractivity contribution in [3.8, 4) is 11.5 Å². The molecule has 0 aliphatic carbocycles. The van der Waals surface area contributed by atoms with Gasteiger partial charge in [-0.05, 0) is 85.3 Å². The average molecular weight is 504 g/mol. The summed E-state index contributed by atoms with van der Waals surface area (Å²) < 4.78 is 11.5. The smallest absolute Gasteiger partial charge is 0.240 e. The zero-order chi connectivity index (χ0) is 25.5.